The molecule has 1 amide bonds. The van der Waals surface area contributed by atoms with Gasteiger partial charge in [-0.05, 0) is 24.6 Å². The number of carbonyl (C=O) groups excluding carboxylic acids is 1. The molecule has 0 aromatic heterocycles. The van der Waals surface area contributed by atoms with E-state index in [0.29, 0.717) is 18.2 Å². The number of benzene rings is 1. The monoisotopic (exact) mass is 274 g/mol. The molecule has 2 N–H and O–H groups in total. The third kappa shape index (κ3) is 5.33. The van der Waals surface area contributed by atoms with Gasteiger partial charge in [-0.1, -0.05) is 11.6 Å². The molecule has 0 spiro atoms. The number of anilines is 1. The number of amides is 1. The molecule has 6 heteroatoms. The van der Waals surface area contributed by atoms with Gasteiger partial charge in [0, 0.05) is 25.3 Å². The van der Waals surface area contributed by atoms with E-state index in [0.717, 1.165) is 6.42 Å². The molecule has 0 fully saturated rings. The van der Waals surface area contributed by atoms with Gasteiger partial charge in [0.1, 0.15) is 5.82 Å². The van der Waals surface area contributed by atoms with Crippen molar-refractivity contribution >= 4 is 23.2 Å². The number of carbonyl (C=O) groups is 1. The van der Waals surface area contributed by atoms with Crippen LogP contribution in [-0.4, -0.2) is 32.7 Å². The first kappa shape index (κ1) is 14.7. The third-order valence-corrected chi connectivity index (χ3v) is 2.45. The van der Waals surface area contributed by atoms with Gasteiger partial charge in [-0.3, -0.25) is 4.79 Å². The number of ether oxygens (including phenoxy) is 1. The Kier molecular flexibility index (Phi) is 6.46. The van der Waals surface area contributed by atoms with Crippen molar-refractivity contribution in [2.45, 2.75) is 6.42 Å². The molecule has 0 radical (unpaired) electrons. The molecule has 1 aromatic carbocycles. The second-order valence-electron chi connectivity index (χ2n) is 3.67. The topological polar surface area (TPSA) is 50.4 Å². The van der Waals surface area contributed by atoms with Crippen molar-refractivity contribution in [3.05, 3.63) is 29.0 Å². The first-order valence-electron chi connectivity index (χ1n) is 5.58. The summed E-state index contributed by atoms with van der Waals surface area (Å²) in [7, 11) is 1.60. The maximum absolute atomic E-state index is 13.3. The van der Waals surface area contributed by atoms with E-state index in [1.807, 2.05) is 0 Å². The van der Waals surface area contributed by atoms with Gasteiger partial charge < -0.3 is 15.4 Å². The Morgan fingerprint density at radius 2 is 2.28 bits per heavy atom. The smallest absolute Gasteiger partial charge is 0.239 e. The van der Waals surface area contributed by atoms with Crippen LogP contribution in [0.4, 0.5) is 10.1 Å². The van der Waals surface area contributed by atoms with Gasteiger partial charge in [-0.15, -0.1) is 0 Å². The number of methoxy groups -OCH3 is 1. The lowest BCUT2D eigenvalue weighted by Crippen LogP contribution is -2.31. The van der Waals surface area contributed by atoms with E-state index in [2.05, 4.69) is 10.6 Å². The van der Waals surface area contributed by atoms with Gasteiger partial charge in [0.05, 0.1) is 12.2 Å². The van der Waals surface area contributed by atoms with Crippen LogP contribution in [0.5, 0.6) is 0 Å². The van der Waals surface area contributed by atoms with E-state index >= 15 is 0 Å². The minimum absolute atomic E-state index is 0.00421. The summed E-state index contributed by atoms with van der Waals surface area (Å²) in [5.41, 5.74) is 0.217. The molecular weight excluding hydrogens is 259 g/mol. The fourth-order valence-electron chi connectivity index (χ4n) is 1.32. The van der Waals surface area contributed by atoms with Crippen molar-refractivity contribution < 1.29 is 13.9 Å². The first-order chi connectivity index (χ1) is 8.63. The summed E-state index contributed by atoms with van der Waals surface area (Å²) in [6, 6.07) is 4.14. The molecule has 0 aliphatic heterocycles. The van der Waals surface area contributed by atoms with Crippen molar-refractivity contribution in [2.75, 3.05) is 32.1 Å². The van der Waals surface area contributed by atoms with Gasteiger partial charge >= 0.3 is 0 Å². The average molecular weight is 275 g/mol. The molecular formula is C12H16ClFN2O2. The Labute approximate surface area is 110 Å². The lowest BCUT2D eigenvalue weighted by Gasteiger charge is -2.08. The molecule has 0 atom stereocenters. The van der Waals surface area contributed by atoms with Crippen LogP contribution in [0, 0.1) is 5.82 Å². The summed E-state index contributed by atoms with van der Waals surface area (Å²) < 4.78 is 18.2. The maximum Gasteiger partial charge on any atom is 0.239 e. The highest BCUT2D eigenvalue weighted by Crippen LogP contribution is 2.18. The molecule has 100 valence electrons. The second kappa shape index (κ2) is 7.89. The molecule has 1 aromatic rings. The Bertz CT molecular complexity index is 402. The SMILES string of the molecule is COCCCNC(=O)CNc1cc(Cl)ccc1F. The zero-order chi connectivity index (χ0) is 13.4. The summed E-state index contributed by atoms with van der Waals surface area (Å²) >= 11 is 5.73. The van der Waals surface area contributed by atoms with Gasteiger partial charge in [0.2, 0.25) is 5.91 Å². The quantitative estimate of drug-likeness (QED) is 0.748. The molecule has 0 aliphatic carbocycles. The van der Waals surface area contributed by atoms with Crippen LogP contribution in [-0.2, 0) is 9.53 Å². The van der Waals surface area contributed by atoms with Crippen LogP contribution in [0.1, 0.15) is 6.42 Å². The van der Waals surface area contributed by atoms with Crippen molar-refractivity contribution in [2.24, 2.45) is 0 Å². The second-order valence-corrected chi connectivity index (χ2v) is 4.11. The van der Waals surface area contributed by atoms with Crippen molar-refractivity contribution in [3.63, 3.8) is 0 Å². The van der Waals surface area contributed by atoms with E-state index in [1.165, 1.54) is 18.2 Å². The molecule has 0 unspecified atom stereocenters. The van der Waals surface area contributed by atoms with Gasteiger partial charge in [-0.25, -0.2) is 4.39 Å². The van der Waals surface area contributed by atoms with Crippen molar-refractivity contribution in [3.8, 4) is 0 Å². The van der Waals surface area contributed by atoms with Gasteiger partial charge in [-0.2, -0.15) is 0 Å². The van der Waals surface area contributed by atoms with Crippen LogP contribution < -0.4 is 10.6 Å². The predicted octanol–water partition coefficient (Wildman–Crippen LogP) is 2.04. The van der Waals surface area contributed by atoms with Gasteiger partial charge in [0.25, 0.3) is 0 Å². The van der Waals surface area contributed by atoms with E-state index in [9.17, 15) is 9.18 Å². The Morgan fingerprint density at radius 1 is 1.50 bits per heavy atom. The zero-order valence-electron chi connectivity index (χ0n) is 10.1. The number of hydrogen-bond donors (Lipinski definition) is 2. The molecule has 0 saturated carbocycles. The Hall–Kier alpha value is -1.33. The summed E-state index contributed by atoms with van der Waals surface area (Å²) in [5, 5.41) is 5.79. The number of hydrogen-bond acceptors (Lipinski definition) is 3. The molecule has 1 rings (SSSR count). The largest absolute Gasteiger partial charge is 0.385 e. The van der Waals surface area contributed by atoms with E-state index in [1.54, 1.807) is 7.11 Å². The average Bonchev–Trinajstić information content (AvgIpc) is 2.36. The standard InChI is InChI=1S/C12H16ClFN2O2/c1-18-6-2-5-15-12(17)8-16-11-7-9(13)3-4-10(11)14/h3-4,7,16H,2,5-6,8H2,1H3,(H,15,17). The first-order valence-corrected chi connectivity index (χ1v) is 5.96. The third-order valence-electron chi connectivity index (χ3n) is 2.22. The molecule has 18 heavy (non-hydrogen) atoms. The molecule has 0 saturated heterocycles. The van der Waals surface area contributed by atoms with Crippen molar-refractivity contribution in [1.29, 1.82) is 0 Å². The minimum Gasteiger partial charge on any atom is -0.385 e. The number of halogens is 2. The van der Waals surface area contributed by atoms with Crippen LogP contribution in [0.25, 0.3) is 0 Å². The highest BCUT2D eigenvalue weighted by Gasteiger charge is 2.05. The maximum atomic E-state index is 13.3. The summed E-state index contributed by atoms with van der Waals surface area (Å²) in [4.78, 5) is 11.4. The summed E-state index contributed by atoms with van der Waals surface area (Å²) in [6.07, 6.45) is 0.744. The molecule has 0 heterocycles. The highest BCUT2D eigenvalue weighted by atomic mass is 35.5. The number of rotatable bonds is 7. The normalized spacial score (nSPS) is 10.2. The Balaban J connectivity index is 2.31. The molecule has 4 nitrogen and oxygen atoms in total. The lowest BCUT2D eigenvalue weighted by molar-refractivity contribution is -0.119. The van der Waals surface area contributed by atoms with Crippen LogP contribution in [0.15, 0.2) is 18.2 Å². The molecule has 0 bridgehead atoms. The highest BCUT2D eigenvalue weighted by molar-refractivity contribution is 6.30. The molecule has 0 aliphatic rings. The number of nitrogens with one attached hydrogen (secondary N) is 2. The summed E-state index contributed by atoms with van der Waals surface area (Å²) in [5.74, 6) is -0.642. The van der Waals surface area contributed by atoms with Crippen LogP contribution >= 0.6 is 11.6 Å². The van der Waals surface area contributed by atoms with E-state index in [4.69, 9.17) is 16.3 Å². The van der Waals surface area contributed by atoms with E-state index < -0.39 is 5.82 Å². The Morgan fingerprint density at radius 3 is 3.00 bits per heavy atom. The lowest BCUT2D eigenvalue weighted by atomic mass is 10.3. The zero-order valence-corrected chi connectivity index (χ0v) is 10.9. The van der Waals surface area contributed by atoms with Crippen LogP contribution in [0.3, 0.4) is 0 Å². The van der Waals surface area contributed by atoms with Gasteiger partial charge in [0.15, 0.2) is 0 Å². The van der Waals surface area contributed by atoms with E-state index in [-0.39, 0.29) is 18.1 Å². The van der Waals surface area contributed by atoms with Crippen molar-refractivity contribution in [1.82, 2.24) is 5.32 Å². The fourth-order valence-corrected chi connectivity index (χ4v) is 1.49. The fraction of sp³-hybridized carbons (Fsp3) is 0.417. The predicted molar refractivity (Wildman–Crippen MR) is 69.4 cm³/mol. The minimum atomic E-state index is -0.438. The van der Waals surface area contributed by atoms with Crippen LogP contribution in [0.2, 0.25) is 5.02 Å². The summed E-state index contributed by atoms with van der Waals surface area (Å²) in [6.45, 7) is 1.13.